The van der Waals surface area contributed by atoms with Crippen LogP contribution in [0.1, 0.15) is 18.4 Å². The number of aromatic amines is 1. The summed E-state index contributed by atoms with van der Waals surface area (Å²) < 4.78 is 63.3. The predicted octanol–water partition coefficient (Wildman–Crippen LogP) is 0.831. The van der Waals surface area contributed by atoms with Crippen LogP contribution in [0.3, 0.4) is 0 Å². The molecule has 1 saturated heterocycles. The molecule has 1 aromatic heterocycles. The number of sulfonamides is 1. The SMILES string of the molecule is NCc1cn[nH]c1S(=O)(=O)N1CCC(C(F)(F)F)CC1. The summed E-state index contributed by atoms with van der Waals surface area (Å²) in [5.41, 5.74) is 5.73. The van der Waals surface area contributed by atoms with Gasteiger partial charge in [0.05, 0.1) is 12.1 Å². The highest BCUT2D eigenvalue weighted by Gasteiger charge is 2.43. The van der Waals surface area contributed by atoms with Gasteiger partial charge in [0.1, 0.15) is 0 Å². The van der Waals surface area contributed by atoms with Gasteiger partial charge in [-0.2, -0.15) is 22.6 Å². The highest BCUT2D eigenvalue weighted by atomic mass is 32.2. The van der Waals surface area contributed by atoms with Crippen molar-refractivity contribution < 1.29 is 21.6 Å². The van der Waals surface area contributed by atoms with E-state index in [1.54, 1.807) is 0 Å². The lowest BCUT2D eigenvalue weighted by Gasteiger charge is -2.31. The first-order valence-electron chi connectivity index (χ1n) is 6.06. The molecule has 114 valence electrons. The number of H-pyrrole nitrogens is 1. The van der Waals surface area contributed by atoms with E-state index in [0.29, 0.717) is 5.56 Å². The Labute approximate surface area is 114 Å². The van der Waals surface area contributed by atoms with E-state index in [4.69, 9.17) is 5.73 Å². The zero-order chi connectivity index (χ0) is 15.0. The van der Waals surface area contributed by atoms with Crippen molar-refractivity contribution in [2.75, 3.05) is 13.1 Å². The highest BCUT2D eigenvalue weighted by Crippen LogP contribution is 2.35. The van der Waals surface area contributed by atoms with E-state index in [0.717, 1.165) is 4.31 Å². The fraction of sp³-hybridized carbons (Fsp3) is 0.700. The number of halogens is 3. The fourth-order valence-corrected chi connectivity index (χ4v) is 3.81. The normalized spacial score (nSPS) is 19.4. The van der Waals surface area contributed by atoms with Gasteiger partial charge in [-0.1, -0.05) is 0 Å². The number of nitrogens with one attached hydrogen (secondary N) is 1. The van der Waals surface area contributed by atoms with E-state index in [1.165, 1.54) is 6.20 Å². The van der Waals surface area contributed by atoms with Crippen LogP contribution >= 0.6 is 0 Å². The maximum Gasteiger partial charge on any atom is 0.391 e. The fourth-order valence-electron chi connectivity index (χ4n) is 2.22. The van der Waals surface area contributed by atoms with Crippen molar-refractivity contribution in [3.8, 4) is 0 Å². The summed E-state index contributed by atoms with van der Waals surface area (Å²) in [5.74, 6) is -1.44. The van der Waals surface area contributed by atoms with E-state index in [-0.39, 0.29) is 37.5 Å². The minimum Gasteiger partial charge on any atom is -0.326 e. The Kier molecular flexibility index (Phi) is 4.07. The smallest absolute Gasteiger partial charge is 0.326 e. The van der Waals surface area contributed by atoms with Gasteiger partial charge in [0.15, 0.2) is 5.03 Å². The maximum absolute atomic E-state index is 12.6. The number of alkyl halides is 3. The lowest BCUT2D eigenvalue weighted by molar-refractivity contribution is -0.182. The van der Waals surface area contributed by atoms with Gasteiger partial charge < -0.3 is 5.73 Å². The van der Waals surface area contributed by atoms with Gasteiger partial charge in [0, 0.05) is 25.2 Å². The number of aromatic nitrogens is 2. The number of nitrogens with zero attached hydrogens (tertiary/aromatic N) is 2. The van der Waals surface area contributed by atoms with Crippen LogP contribution < -0.4 is 5.73 Å². The predicted molar refractivity (Wildman–Crippen MR) is 64.0 cm³/mol. The van der Waals surface area contributed by atoms with Gasteiger partial charge in [-0.05, 0) is 12.8 Å². The van der Waals surface area contributed by atoms with Crippen molar-refractivity contribution >= 4 is 10.0 Å². The third-order valence-corrected chi connectivity index (χ3v) is 5.33. The third-order valence-electron chi connectivity index (χ3n) is 3.41. The molecule has 20 heavy (non-hydrogen) atoms. The molecule has 0 atom stereocenters. The Hall–Kier alpha value is -1.13. The number of rotatable bonds is 3. The van der Waals surface area contributed by atoms with Crippen LogP contribution in [-0.2, 0) is 16.6 Å². The van der Waals surface area contributed by atoms with Gasteiger partial charge in [0.25, 0.3) is 10.0 Å². The van der Waals surface area contributed by atoms with Crippen LogP contribution in [-0.4, -0.2) is 42.2 Å². The third kappa shape index (κ3) is 2.81. The summed E-state index contributed by atoms with van der Waals surface area (Å²) in [7, 11) is -3.86. The van der Waals surface area contributed by atoms with Crippen LogP contribution in [0.15, 0.2) is 11.2 Å². The molecule has 6 nitrogen and oxygen atoms in total. The number of nitrogens with two attached hydrogens (primary N) is 1. The Morgan fingerprint density at radius 1 is 1.40 bits per heavy atom. The first kappa shape index (κ1) is 15.3. The molecule has 0 unspecified atom stereocenters. The molecule has 0 bridgehead atoms. The Morgan fingerprint density at radius 2 is 2.00 bits per heavy atom. The molecule has 0 spiro atoms. The van der Waals surface area contributed by atoms with Gasteiger partial charge in [-0.15, -0.1) is 0 Å². The standard InChI is InChI=1S/C10H15F3N4O2S/c11-10(12,13)8-1-3-17(4-2-8)20(18,19)9-7(5-14)6-15-16-9/h6,8H,1-5,14H2,(H,15,16). The topological polar surface area (TPSA) is 92.1 Å². The van der Waals surface area contributed by atoms with Gasteiger partial charge in [0.2, 0.25) is 0 Å². The zero-order valence-corrected chi connectivity index (χ0v) is 11.3. The van der Waals surface area contributed by atoms with Crippen molar-refractivity contribution in [2.24, 2.45) is 11.7 Å². The molecule has 1 aliphatic rings. The maximum atomic E-state index is 12.6. The van der Waals surface area contributed by atoms with Crippen LogP contribution in [0.5, 0.6) is 0 Å². The molecule has 0 radical (unpaired) electrons. The summed E-state index contributed by atoms with van der Waals surface area (Å²) in [4.78, 5) is 0. The Bertz CT molecular complexity index is 561. The second kappa shape index (κ2) is 5.34. The molecular weight excluding hydrogens is 297 g/mol. The second-order valence-electron chi connectivity index (χ2n) is 4.65. The summed E-state index contributed by atoms with van der Waals surface area (Å²) in [6.45, 7) is -0.324. The Morgan fingerprint density at radius 3 is 2.50 bits per heavy atom. The van der Waals surface area contributed by atoms with Crippen LogP contribution in [0.4, 0.5) is 13.2 Å². The van der Waals surface area contributed by atoms with E-state index in [9.17, 15) is 21.6 Å². The van der Waals surface area contributed by atoms with E-state index >= 15 is 0 Å². The lowest BCUT2D eigenvalue weighted by Crippen LogP contribution is -2.42. The second-order valence-corrected chi connectivity index (χ2v) is 6.52. The van der Waals surface area contributed by atoms with E-state index in [1.807, 2.05) is 0 Å². The first-order chi connectivity index (χ1) is 9.26. The number of piperidine rings is 1. The van der Waals surface area contributed by atoms with Gasteiger partial charge in [-0.3, -0.25) is 5.10 Å². The summed E-state index contributed by atoms with van der Waals surface area (Å²) >= 11 is 0. The van der Waals surface area contributed by atoms with Gasteiger partial charge in [-0.25, -0.2) is 8.42 Å². The molecule has 1 fully saturated rings. The van der Waals surface area contributed by atoms with Crippen LogP contribution in [0.2, 0.25) is 0 Å². The summed E-state index contributed by atoms with van der Waals surface area (Å²) in [6, 6.07) is 0. The number of hydrogen-bond donors (Lipinski definition) is 2. The molecule has 1 aliphatic heterocycles. The van der Waals surface area contributed by atoms with Crippen molar-refractivity contribution in [3.63, 3.8) is 0 Å². The van der Waals surface area contributed by atoms with Gasteiger partial charge >= 0.3 is 6.18 Å². The summed E-state index contributed by atoms with van der Waals surface area (Å²) in [6.07, 6.45) is -3.43. The molecule has 2 heterocycles. The molecule has 0 aliphatic carbocycles. The average molecular weight is 312 g/mol. The van der Waals surface area contributed by atoms with E-state index in [2.05, 4.69) is 10.2 Å². The lowest BCUT2D eigenvalue weighted by atomic mass is 9.98. The molecule has 0 amide bonds. The summed E-state index contributed by atoms with van der Waals surface area (Å²) in [5, 5.41) is 5.84. The average Bonchev–Trinajstić information content (AvgIpc) is 2.87. The number of hydrogen-bond acceptors (Lipinski definition) is 4. The Balaban J connectivity index is 2.14. The minimum atomic E-state index is -4.27. The molecular formula is C10H15F3N4O2S. The van der Waals surface area contributed by atoms with E-state index < -0.39 is 22.1 Å². The van der Waals surface area contributed by atoms with Crippen molar-refractivity contribution in [3.05, 3.63) is 11.8 Å². The van der Waals surface area contributed by atoms with Crippen molar-refractivity contribution in [1.29, 1.82) is 0 Å². The zero-order valence-electron chi connectivity index (χ0n) is 10.5. The van der Waals surface area contributed by atoms with Crippen LogP contribution in [0, 0.1) is 5.92 Å². The monoisotopic (exact) mass is 312 g/mol. The molecule has 0 aromatic carbocycles. The molecule has 2 rings (SSSR count). The van der Waals surface area contributed by atoms with Crippen LogP contribution in [0.25, 0.3) is 0 Å². The molecule has 10 heteroatoms. The molecule has 0 saturated carbocycles. The highest BCUT2D eigenvalue weighted by molar-refractivity contribution is 7.89. The molecule has 1 aromatic rings. The minimum absolute atomic E-state index is 0.00984. The van der Waals surface area contributed by atoms with Crippen molar-refractivity contribution in [2.45, 2.75) is 30.6 Å². The van der Waals surface area contributed by atoms with Crippen molar-refractivity contribution in [1.82, 2.24) is 14.5 Å². The molecule has 3 N–H and O–H groups in total. The first-order valence-corrected chi connectivity index (χ1v) is 7.50. The largest absolute Gasteiger partial charge is 0.391 e. The quantitative estimate of drug-likeness (QED) is 0.865.